The third-order valence-corrected chi connectivity index (χ3v) is 2.69. The minimum atomic E-state index is -0.235. The van der Waals surface area contributed by atoms with Crippen molar-refractivity contribution in [2.75, 3.05) is 5.32 Å². The molecule has 3 rings (SSSR count). The quantitative estimate of drug-likeness (QED) is 0.738. The predicted molar refractivity (Wildman–Crippen MR) is 75.5 cm³/mol. The van der Waals surface area contributed by atoms with Crippen LogP contribution in [0.3, 0.4) is 0 Å². The molecule has 2 heterocycles. The van der Waals surface area contributed by atoms with E-state index >= 15 is 0 Å². The molecule has 21 heavy (non-hydrogen) atoms. The summed E-state index contributed by atoms with van der Waals surface area (Å²) >= 11 is 0. The molecule has 1 aromatic carbocycles. The average Bonchev–Trinajstić information content (AvgIpc) is 3.19. The summed E-state index contributed by atoms with van der Waals surface area (Å²) in [5, 5.41) is 13.7. The van der Waals surface area contributed by atoms with E-state index in [9.17, 15) is 4.79 Å². The van der Waals surface area contributed by atoms with Crippen molar-refractivity contribution in [3.8, 4) is 5.69 Å². The van der Waals surface area contributed by atoms with Gasteiger partial charge in [0.1, 0.15) is 12.1 Å². The van der Waals surface area contributed by atoms with Gasteiger partial charge in [0.15, 0.2) is 0 Å². The van der Waals surface area contributed by atoms with Crippen LogP contribution in [0.15, 0.2) is 59.5 Å². The molecule has 7 nitrogen and oxygen atoms in total. The maximum Gasteiger partial charge on any atom is 0.248 e. The number of rotatable bonds is 4. The molecule has 1 N–H and O–H groups in total. The first-order valence-electron chi connectivity index (χ1n) is 6.17. The summed E-state index contributed by atoms with van der Waals surface area (Å²) in [6, 6.07) is 10.7. The summed E-state index contributed by atoms with van der Waals surface area (Å²) in [5.41, 5.74) is 1.49. The Bertz CT molecular complexity index is 730. The average molecular weight is 281 g/mol. The van der Waals surface area contributed by atoms with Crippen molar-refractivity contribution in [1.82, 2.24) is 20.2 Å². The smallest absolute Gasteiger partial charge is 0.248 e. The third-order valence-electron chi connectivity index (χ3n) is 2.69. The van der Waals surface area contributed by atoms with Crippen LogP contribution < -0.4 is 5.32 Å². The lowest BCUT2D eigenvalue weighted by atomic mass is 10.2. The van der Waals surface area contributed by atoms with E-state index in [0.717, 1.165) is 5.69 Å². The highest BCUT2D eigenvalue weighted by molar-refractivity contribution is 6.01. The fourth-order valence-electron chi connectivity index (χ4n) is 1.70. The van der Waals surface area contributed by atoms with Crippen molar-refractivity contribution < 1.29 is 9.21 Å². The first-order chi connectivity index (χ1) is 10.3. The lowest BCUT2D eigenvalue weighted by Crippen LogP contribution is -2.07. The largest absolute Gasteiger partial charge is 0.465 e. The molecule has 0 bridgehead atoms. The molecule has 104 valence electrons. The predicted octanol–water partition coefficient (Wildman–Crippen LogP) is 1.91. The molecule has 0 saturated carbocycles. The molecule has 0 aliphatic heterocycles. The SMILES string of the molecule is O=C(C=Cc1ccco1)Nc1ccc(-n2cnnn2)cc1. The van der Waals surface area contributed by atoms with Gasteiger partial charge in [0, 0.05) is 11.8 Å². The van der Waals surface area contributed by atoms with Gasteiger partial charge in [0.05, 0.1) is 12.0 Å². The van der Waals surface area contributed by atoms with Crippen LogP contribution in [0.25, 0.3) is 11.8 Å². The van der Waals surface area contributed by atoms with E-state index in [1.54, 1.807) is 36.6 Å². The number of furan rings is 1. The lowest BCUT2D eigenvalue weighted by molar-refractivity contribution is -0.111. The van der Waals surface area contributed by atoms with Crippen molar-refractivity contribution in [3.05, 3.63) is 60.8 Å². The number of tetrazole rings is 1. The Hall–Kier alpha value is -3.22. The van der Waals surface area contributed by atoms with Crippen LogP contribution in [0.5, 0.6) is 0 Å². The number of aromatic nitrogens is 4. The first-order valence-corrected chi connectivity index (χ1v) is 6.17. The summed E-state index contributed by atoms with van der Waals surface area (Å²) in [7, 11) is 0. The highest BCUT2D eigenvalue weighted by atomic mass is 16.3. The van der Waals surface area contributed by atoms with Crippen LogP contribution in [-0.4, -0.2) is 26.1 Å². The molecule has 0 fully saturated rings. The molecule has 3 aromatic rings. The number of carbonyl (C=O) groups excluding carboxylic acids is 1. The number of benzene rings is 1. The number of hydrogen-bond acceptors (Lipinski definition) is 5. The van der Waals surface area contributed by atoms with Gasteiger partial charge in [-0.1, -0.05) is 0 Å². The Balaban J connectivity index is 1.64. The van der Waals surface area contributed by atoms with Gasteiger partial charge in [-0.05, 0) is 52.9 Å². The van der Waals surface area contributed by atoms with Crippen LogP contribution >= 0.6 is 0 Å². The minimum absolute atomic E-state index is 0.235. The van der Waals surface area contributed by atoms with Gasteiger partial charge in [-0.2, -0.15) is 0 Å². The molecule has 2 aromatic heterocycles. The lowest BCUT2D eigenvalue weighted by Gasteiger charge is -2.03. The topological polar surface area (TPSA) is 85.8 Å². The molecule has 0 spiro atoms. The fourth-order valence-corrected chi connectivity index (χ4v) is 1.70. The van der Waals surface area contributed by atoms with E-state index in [4.69, 9.17) is 4.42 Å². The maximum absolute atomic E-state index is 11.7. The number of amides is 1. The molecular weight excluding hydrogens is 270 g/mol. The van der Waals surface area contributed by atoms with Gasteiger partial charge >= 0.3 is 0 Å². The summed E-state index contributed by atoms with van der Waals surface area (Å²) < 4.78 is 6.63. The van der Waals surface area contributed by atoms with Crippen molar-refractivity contribution in [3.63, 3.8) is 0 Å². The standard InChI is InChI=1S/C14H11N5O2/c20-14(8-7-13-2-1-9-21-13)16-11-3-5-12(6-4-11)19-10-15-17-18-19/h1-10H,(H,16,20). The van der Waals surface area contributed by atoms with Gasteiger partial charge in [0.2, 0.25) is 5.91 Å². The van der Waals surface area contributed by atoms with Gasteiger partial charge in [-0.25, -0.2) is 4.68 Å². The molecule has 0 radical (unpaired) electrons. The van der Waals surface area contributed by atoms with Gasteiger partial charge < -0.3 is 9.73 Å². The molecule has 0 aliphatic rings. The third kappa shape index (κ3) is 3.21. The Labute approximate surface area is 119 Å². The Morgan fingerprint density at radius 2 is 2.10 bits per heavy atom. The molecule has 7 heteroatoms. The Morgan fingerprint density at radius 1 is 1.24 bits per heavy atom. The van der Waals surface area contributed by atoms with Crippen LogP contribution in [0.2, 0.25) is 0 Å². The van der Waals surface area contributed by atoms with Gasteiger partial charge in [-0.15, -0.1) is 5.10 Å². The second kappa shape index (κ2) is 5.83. The number of anilines is 1. The van der Waals surface area contributed by atoms with E-state index in [-0.39, 0.29) is 5.91 Å². The summed E-state index contributed by atoms with van der Waals surface area (Å²) in [6.45, 7) is 0. The van der Waals surface area contributed by atoms with E-state index < -0.39 is 0 Å². The van der Waals surface area contributed by atoms with Crippen molar-refractivity contribution >= 4 is 17.7 Å². The highest BCUT2D eigenvalue weighted by Crippen LogP contribution is 2.12. The maximum atomic E-state index is 11.7. The number of nitrogens with zero attached hydrogens (tertiary/aromatic N) is 4. The number of carbonyl (C=O) groups is 1. The van der Waals surface area contributed by atoms with Gasteiger partial charge in [-0.3, -0.25) is 4.79 Å². The minimum Gasteiger partial charge on any atom is -0.465 e. The zero-order valence-corrected chi connectivity index (χ0v) is 10.9. The zero-order valence-electron chi connectivity index (χ0n) is 10.9. The van der Waals surface area contributed by atoms with E-state index in [1.807, 2.05) is 12.1 Å². The monoisotopic (exact) mass is 281 g/mol. The second-order valence-corrected chi connectivity index (χ2v) is 4.14. The van der Waals surface area contributed by atoms with Gasteiger partial charge in [0.25, 0.3) is 0 Å². The Kier molecular flexibility index (Phi) is 3.55. The molecule has 0 atom stereocenters. The first kappa shape index (κ1) is 12.8. The van der Waals surface area contributed by atoms with Crippen molar-refractivity contribution in [2.24, 2.45) is 0 Å². The molecule has 0 aliphatic carbocycles. The van der Waals surface area contributed by atoms with Crippen LogP contribution in [-0.2, 0) is 4.79 Å². The van der Waals surface area contributed by atoms with Crippen molar-refractivity contribution in [2.45, 2.75) is 0 Å². The molecule has 0 saturated heterocycles. The Morgan fingerprint density at radius 3 is 2.76 bits per heavy atom. The number of nitrogens with one attached hydrogen (secondary N) is 1. The normalized spacial score (nSPS) is 10.9. The summed E-state index contributed by atoms with van der Waals surface area (Å²) in [4.78, 5) is 11.7. The summed E-state index contributed by atoms with van der Waals surface area (Å²) in [5.74, 6) is 0.390. The molecular formula is C14H11N5O2. The second-order valence-electron chi connectivity index (χ2n) is 4.14. The fraction of sp³-hybridized carbons (Fsp3) is 0. The summed E-state index contributed by atoms with van der Waals surface area (Å²) in [6.07, 6.45) is 6.06. The van der Waals surface area contributed by atoms with Crippen LogP contribution in [0.4, 0.5) is 5.69 Å². The van der Waals surface area contributed by atoms with E-state index in [2.05, 4.69) is 20.8 Å². The highest BCUT2D eigenvalue weighted by Gasteiger charge is 2.01. The molecule has 1 amide bonds. The zero-order chi connectivity index (χ0) is 14.5. The van der Waals surface area contributed by atoms with Crippen LogP contribution in [0.1, 0.15) is 5.76 Å². The van der Waals surface area contributed by atoms with E-state index in [0.29, 0.717) is 11.4 Å². The van der Waals surface area contributed by atoms with Crippen LogP contribution in [0, 0.1) is 0 Å². The van der Waals surface area contributed by atoms with E-state index in [1.165, 1.54) is 17.1 Å². The molecule has 0 unspecified atom stereocenters. The van der Waals surface area contributed by atoms with Crippen molar-refractivity contribution in [1.29, 1.82) is 0 Å². The number of hydrogen-bond donors (Lipinski definition) is 1.